The minimum atomic E-state index is -0.988. The van der Waals surface area contributed by atoms with E-state index >= 15 is 0 Å². The molecule has 2 aromatic rings. The van der Waals surface area contributed by atoms with Gasteiger partial charge in [0.2, 0.25) is 5.82 Å². The van der Waals surface area contributed by atoms with Crippen LogP contribution < -0.4 is 5.32 Å². The Kier molecular flexibility index (Phi) is 4.09. The summed E-state index contributed by atoms with van der Waals surface area (Å²) in [4.78, 5) is 14.0. The maximum atomic E-state index is 13.0. The predicted octanol–water partition coefficient (Wildman–Crippen LogP) is 3.53. The third kappa shape index (κ3) is 3.00. The van der Waals surface area contributed by atoms with Gasteiger partial charge in [-0.25, -0.2) is 13.8 Å². The fraction of sp³-hybridized carbons (Fsp3) is 0.0833. The molecule has 0 aliphatic carbocycles. The fourth-order valence-corrected chi connectivity index (χ4v) is 1.78. The Hall–Kier alpha value is -2.28. The average Bonchev–Trinajstić information content (AvgIpc) is 2.39. The first-order chi connectivity index (χ1) is 9.49. The van der Waals surface area contributed by atoms with Crippen LogP contribution in [0.25, 0.3) is 0 Å². The van der Waals surface area contributed by atoms with Crippen LogP contribution in [0.2, 0.25) is 5.02 Å². The standard InChI is InChI=1S/C12H8ClF2N3O2/c13-8-3-4-16-12(11(8)18(19)20)17-6-7-1-2-9(14)10(15)5-7/h1-5H,6H2,(H,16,17). The molecule has 0 amide bonds. The highest BCUT2D eigenvalue weighted by atomic mass is 35.5. The predicted molar refractivity (Wildman–Crippen MR) is 69.6 cm³/mol. The molecule has 104 valence electrons. The molecular weight excluding hydrogens is 292 g/mol. The molecule has 0 bridgehead atoms. The van der Waals surface area contributed by atoms with E-state index in [4.69, 9.17) is 11.6 Å². The molecule has 0 saturated heterocycles. The van der Waals surface area contributed by atoms with Crippen LogP contribution in [-0.4, -0.2) is 9.91 Å². The van der Waals surface area contributed by atoms with Crippen molar-refractivity contribution >= 4 is 23.1 Å². The van der Waals surface area contributed by atoms with Crippen molar-refractivity contribution in [1.29, 1.82) is 0 Å². The van der Waals surface area contributed by atoms with Crippen LogP contribution in [0.15, 0.2) is 30.5 Å². The van der Waals surface area contributed by atoms with E-state index in [-0.39, 0.29) is 23.1 Å². The van der Waals surface area contributed by atoms with Gasteiger partial charge >= 0.3 is 5.69 Å². The molecule has 1 N–H and O–H groups in total. The number of nitro groups is 1. The summed E-state index contributed by atoms with van der Waals surface area (Å²) >= 11 is 5.72. The Morgan fingerprint density at radius 1 is 1.30 bits per heavy atom. The van der Waals surface area contributed by atoms with Gasteiger partial charge in [-0.15, -0.1) is 0 Å². The van der Waals surface area contributed by atoms with E-state index in [2.05, 4.69) is 10.3 Å². The van der Waals surface area contributed by atoms with Crippen LogP contribution in [0.1, 0.15) is 5.56 Å². The molecule has 0 atom stereocenters. The average molecular weight is 300 g/mol. The molecule has 0 saturated carbocycles. The van der Waals surface area contributed by atoms with Gasteiger partial charge in [0, 0.05) is 12.7 Å². The molecule has 0 spiro atoms. The maximum Gasteiger partial charge on any atom is 0.329 e. The number of nitrogens with one attached hydrogen (secondary N) is 1. The lowest BCUT2D eigenvalue weighted by molar-refractivity contribution is -0.384. The molecule has 2 rings (SSSR count). The van der Waals surface area contributed by atoms with Crippen LogP contribution in [-0.2, 0) is 6.54 Å². The van der Waals surface area contributed by atoms with Gasteiger partial charge in [0.1, 0.15) is 5.02 Å². The molecule has 0 unspecified atom stereocenters. The molecule has 0 fully saturated rings. The highest BCUT2D eigenvalue weighted by Gasteiger charge is 2.19. The van der Waals surface area contributed by atoms with Gasteiger partial charge in [0.15, 0.2) is 11.6 Å². The number of rotatable bonds is 4. The molecule has 20 heavy (non-hydrogen) atoms. The molecule has 1 aromatic heterocycles. The van der Waals surface area contributed by atoms with Gasteiger partial charge in [-0.1, -0.05) is 17.7 Å². The van der Waals surface area contributed by atoms with Crippen molar-refractivity contribution in [3.8, 4) is 0 Å². The van der Waals surface area contributed by atoms with Crippen molar-refractivity contribution in [2.75, 3.05) is 5.32 Å². The van der Waals surface area contributed by atoms with Gasteiger partial charge in [0.25, 0.3) is 0 Å². The summed E-state index contributed by atoms with van der Waals surface area (Å²) in [6, 6.07) is 4.63. The van der Waals surface area contributed by atoms with Crippen molar-refractivity contribution in [3.63, 3.8) is 0 Å². The number of aromatic nitrogens is 1. The lowest BCUT2D eigenvalue weighted by Gasteiger charge is -2.07. The Labute approximate surface area is 117 Å². The maximum absolute atomic E-state index is 13.0. The first-order valence-electron chi connectivity index (χ1n) is 5.45. The molecule has 5 nitrogen and oxygen atoms in total. The van der Waals surface area contributed by atoms with Crippen molar-refractivity contribution in [2.45, 2.75) is 6.54 Å². The van der Waals surface area contributed by atoms with E-state index in [0.717, 1.165) is 12.1 Å². The van der Waals surface area contributed by atoms with Crippen LogP contribution in [0.4, 0.5) is 20.3 Å². The van der Waals surface area contributed by atoms with Gasteiger partial charge < -0.3 is 5.32 Å². The summed E-state index contributed by atoms with van der Waals surface area (Å²) in [5.74, 6) is -1.98. The SMILES string of the molecule is O=[N+]([O-])c1c(Cl)ccnc1NCc1ccc(F)c(F)c1. The Bertz CT molecular complexity index is 667. The molecule has 8 heteroatoms. The number of hydrogen-bond acceptors (Lipinski definition) is 4. The number of halogens is 3. The second-order valence-corrected chi connectivity index (χ2v) is 4.26. The van der Waals surface area contributed by atoms with Crippen LogP contribution in [0, 0.1) is 21.7 Å². The van der Waals surface area contributed by atoms with Gasteiger partial charge in [-0.05, 0) is 23.8 Å². The van der Waals surface area contributed by atoms with E-state index in [0.29, 0.717) is 5.56 Å². The van der Waals surface area contributed by atoms with Crippen molar-refractivity contribution < 1.29 is 13.7 Å². The molecule has 0 radical (unpaired) electrons. The third-order valence-corrected chi connectivity index (χ3v) is 2.81. The topological polar surface area (TPSA) is 68.1 Å². The fourth-order valence-electron chi connectivity index (χ4n) is 1.57. The highest BCUT2D eigenvalue weighted by Crippen LogP contribution is 2.30. The second-order valence-electron chi connectivity index (χ2n) is 3.85. The lowest BCUT2D eigenvalue weighted by Crippen LogP contribution is -2.05. The molecular formula is C12H8ClF2N3O2. The van der Waals surface area contributed by atoms with Crippen LogP contribution in [0.5, 0.6) is 0 Å². The number of anilines is 1. The van der Waals surface area contributed by atoms with Gasteiger partial charge in [0.05, 0.1) is 4.92 Å². The zero-order valence-electron chi connectivity index (χ0n) is 9.94. The number of benzene rings is 1. The Morgan fingerprint density at radius 3 is 2.70 bits per heavy atom. The van der Waals surface area contributed by atoms with Crippen molar-refractivity contribution in [2.24, 2.45) is 0 Å². The van der Waals surface area contributed by atoms with Crippen molar-refractivity contribution in [3.05, 3.63) is 62.8 Å². The number of nitrogens with zero attached hydrogens (tertiary/aromatic N) is 2. The zero-order chi connectivity index (χ0) is 14.7. The van der Waals surface area contributed by atoms with Crippen molar-refractivity contribution in [1.82, 2.24) is 4.98 Å². The van der Waals surface area contributed by atoms with E-state index < -0.39 is 16.6 Å². The largest absolute Gasteiger partial charge is 0.360 e. The summed E-state index contributed by atoms with van der Waals surface area (Å²) in [5, 5.41) is 13.5. The third-order valence-electron chi connectivity index (χ3n) is 2.50. The normalized spacial score (nSPS) is 10.3. The molecule has 1 aromatic carbocycles. The van der Waals surface area contributed by atoms with E-state index in [9.17, 15) is 18.9 Å². The van der Waals surface area contributed by atoms with E-state index in [1.165, 1.54) is 18.3 Å². The Balaban J connectivity index is 2.21. The van der Waals surface area contributed by atoms with Gasteiger partial charge in [-0.3, -0.25) is 10.1 Å². The quantitative estimate of drug-likeness (QED) is 0.692. The minimum Gasteiger partial charge on any atom is -0.360 e. The van der Waals surface area contributed by atoms with E-state index in [1.807, 2.05) is 0 Å². The van der Waals surface area contributed by atoms with Gasteiger partial charge in [-0.2, -0.15) is 0 Å². The summed E-state index contributed by atoms with van der Waals surface area (Å²) in [6.45, 7) is 0.0470. The monoisotopic (exact) mass is 299 g/mol. The summed E-state index contributed by atoms with van der Waals surface area (Å²) in [7, 11) is 0. The summed E-state index contributed by atoms with van der Waals surface area (Å²) in [5.41, 5.74) is 0.0525. The summed E-state index contributed by atoms with van der Waals surface area (Å²) in [6.07, 6.45) is 1.31. The van der Waals surface area contributed by atoms with Crippen LogP contribution >= 0.6 is 11.6 Å². The number of pyridine rings is 1. The minimum absolute atomic E-state index is 0.0350. The lowest BCUT2D eigenvalue weighted by atomic mass is 10.2. The smallest absolute Gasteiger partial charge is 0.329 e. The summed E-state index contributed by atoms with van der Waals surface area (Å²) < 4.78 is 25.8. The molecule has 0 aliphatic rings. The first kappa shape index (κ1) is 14.1. The Morgan fingerprint density at radius 2 is 2.05 bits per heavy atom. The zero-order valence-corrected chi connectivity index (χ0v) is 10.7. The molecule has 0 aliphatic heterocycles. The van der Waals surface area contributed by atoms with Crippen LogP contribution in [0.3, 0.4) is 0 Å². The first-order valence-corrected chi connectivity index (χ1v) is 5.83. The molecule has 1 heterocycles. The highest BCUT2D eigenvalue weighted by molar-refractivity contribution is 6.33. The second kappa shape index (κ2) is 5.79. The number of hydrogen-bond donors (Lipinski definition) is 1. The van der Waals surface area contributed by atoms with E-state index in [1.54, 1.807) is 0 Å².